The maximum absolute atomic E-state index is 12.3. The summed E-state index contributed by atoms with van der Waals surface area (Å²) in [7, 11) is 0. The lowest BCUT2D eigenvalue weighted by Crippen LogP contribution is -2.12. The fraction of sp³-hybridized carbons (Fsp3) is 0. The molecule has 8 heteroatoms. The maximum Gasteiger partial charge on any atom is 0.258 e. The van der Waals surface area contributed by atoms with E-state index in [4.69, 9.17) is 0 Å². The number of anilines is 1. The quantitative estimate of drug-likeness (QED) is 0.530. The summed E-state index contributed by atoms with van der Waals surface area (Å²) in [5, 5.41) is 19.4. The van der Waals surface area contributed by atoms with Crippen LogP contribution in [-0.2, 0) is 0 Å². The van der Waals surface area contributed by atoms with E-state index in [1.807, 2.05) is 0 Å². The molecule has 0 saturated carbocycles. The number of H-pyrrole nitrogens is 1. The molecular formula is C17H12N6O2. The smallest absolute Gasteiger partial charge is 0.258 e. The minimum absolute atomic E-state index is 0.0978. The minimum Gasteiger partial charge on any atom is -0.507 e. The maximum atomic E-state index is 12.3. The number of benzene rings is 1. The van der Waals surface area contributed by atoms with Gasteiger partial charge in [-0.05, 0) is 24.3 Å². The van der Waals surface area contributed by atoms with Gasteiger partial charge >= 0.3 is 0 Å². The van der Waals surface area contributed by atoms with Crippen LogP contribution in [0.4, 0.5) is 5.82 Å². The van der Waals surface area contributed by atoms with Crippen molar-refractivity contribution >= 4 is 22.9 Å². The van der Waals surface area contributed by atoms with Crippen LogP contribution >= 0.6 is 0 Å². The van der Waals surface area contributed by atoms with Crippen molar-refractivity contribution in [2.75, 3.05) is 5.32 Å². The highest BCUT2D eigenvalue weighted by atomic mass is 16.3. The Labute approximate surface area is 141 Å². The van der Waals surface area contributed by atoms with Crippen molar-refractivity contribution < 1.29 is 9.90 Å². The van der Waals surface area contributed by atoms with Gasteiger partial charge in [-0.15, -0.1) is 0 Å². The number of para-hydroxylation sites is 1. The van der Waals surface area contributed by atoms with Gasteiger partial charge in [0.05, 0.1) is 17.5 Å². The van der Waals surface area contributed by atoms with E-state index in [0.717, 1.165) is 0 Å². The first-order valence-corrected chi connectivity index (χ1v) is 7.43. The van der Waals surface area contributed by atoms with E-state index >= 15 is 0 Å². The first-order chi connectivity index (χ1) is 12.2. The van der Waals surface area contributed by atoms with Gasteiger partial charge in [-0.25, -0.2) is 9.97 Å². The molecule has 0 aliphatic rings. The summed E-state index contributed by atoms with van der Waals surface area (Å²) in [4.78, 5) is 24.9. The Morgan fingerprint density at radius 3 is 2.80 bits per heavy atom. The summed E-state index contributed by atoms with van der Waals surface area (Å²) in [6.45, 7) is 0. The molecule has 1 amide bonds. The van der Waals surface area contributed by atoms with Gasteiger partial charge in [0.25, 0.3) is 5.91 Å². The number of nitrogens with one attached hydrogen (secondary N) is 2. The molecule has 25 heavy (non-hydrogen) atoms. The zero-order valence-electron chi connectivity index (χ0n) is 12.8. The Morgan fingerprint density at radius 2 is 2.00 bits per heavy atom. The number of phenols is 1. The second-order valence-electron chi connectivity index (χ2n) is 5.24. The van der Waals surface area contributed by atoms with Crippen molar-refractivity contribution in [1.82, 2.24) is 25.1 Å². The molecular weight excluding hydrogens is 320 g/mol. The van der Waals surface area contributed by atoms with Crippen molar-refractivity contribution in [2.24, 2.45) is 0 Å². The van der Waals surface area contributed by atoms with E-state index in [-0.39, 0.29) is 11.7 Å². The number of hydrogen-bond acceptors (Lipinski definition) is 6. The van der Waals surface area contributed by atoms with E-state index in [0.29, 0.717) is 33.8 Å². The van der Waals surface area contributed by atoms with E-state index in [1.54, 1.807) is 42.6 Å². The molecule has 0 radical (unpaired) electrons. The van der Waals surface area contributed by atoms with Gasteiger partial charge in [-0.1, -0.05) is 12.1 Å². The standard InChI is InChI=1S/C17H12N6O2/c24-13-6-2-1-5-11(13)12-9-19-15-14(20-12)16(23-22-15)21-17(25)10-4-3-7-18-8-10/h1-9,24H,(H2,19,21,22,23,25). The lowest BCUT2D eigenvalue weighted by molar-refractivity contribution is 0.102. The fourth-order valence-electron chi connectivity index (χ4n) is 2.38. The Kier molecular flexibility index (Phi) is 3.55. The van der Waals surface area contributed by atoms with Gasteiger partial charge in [-0.3, -0.25) is 14.9 Å². The number of fused-ring (bicyclic) bond motifs is 1. The highest BCUT2D eigenvalue weighted by molar-refractivity contribution is 6.06. The molecule has 3 N–H and O–H groups in total. The van der Waals surface area contributed by atoms with Gasteiger partial charge in [0.1, 0.15) is 5.75 Å². The average molecular weight is 332 g/mol. The molecule has 0 fully saturated rings. The third-order valence-corrected chi connectivity index (χ3v) is 3.61. The van der Waals surface area contributed by atoms with Crippen LogP contribution in [0.5, 0.6) is 5.75 Å². The van der Waals surface area contributed by atoms with Crippen LogP contribution in [0.15, 0.2) is 55.0 Å². The number of aromatic amines is 1. The van der Waals surface area contributed by atoms with Crippen molar-refractivity contribution in [1.29, 1.82) is 0 Å². The number of carbonyl (C=O) groups is 1. The van der Waals surface area contributed by atoms with Gasteiger partial charge in [0, 0.05) is 18.0 Å². The number of hydrogen-bond donors (Lipinski definition) is 3. The Morgan fingerprint density at radius 1 is 1.12 bits per heavy atom. The molecule has 122 valence electrons. The second-order valence-corrected chi connectivity index (χ2v) is 5.24. The van der Waals surface area contributed by atoms with Crippen molar-refractivity contribution in [3.8, 4) is 17.0 Å². The summed E-state index contributed by atoms with van der Waals surface area (Å²) in [6, 6.07) is 10.2. The van der Waals surface area contributed by atoms with Gasteiger partial charge < -0.3 is 10.4 Å². The number of rotatable bonds is 3. The molecule has 4 rings (SSSR count). The number of pyridine rings is 1. The molecule has 0 aliphatic heterocycles. The van der Waals surface area contributed by atoms with Crippen LogP contribution < -0.4 is 5.32 Å². The van der Waals surface area contributed by atoms with Crippen LogP contribution in [0.25, 0.3) is 22.4 Å². The van der Waals surface area contributed by atoms with Gasteiger partial charge in [0.2, 0.25) is 5.65 Å². The molecule has 8 nitrogen and oxygen atoms in total. The number of amides is 1. The van der Waals surface area contributed by atoms with Gasteiger partial charge in [0.15, 0.2) is 11.3 Å². The summed E-state index contributed by atoms with van der Waals surface area (Å²) in [5.74, 6) is 0.0858. The van der Waals surface area contributed by atoms with Crippen LogP contribution in [-0.4, -0.2) is 36.2 Å². The zero-order valence-corrected chi connectivity index (χ0v) is 12.8. The molecule has 0 bridgehead atoms. The van der Waals surface area contributed by atoms with Gasteiger partial charge in [-0.2, -0.15) is 5.10 Å². The van der Waals surface area contributed by atoms with Crippen LogP contribution in [0.3, 0.4) is 0 Å². The first kappa shape index (κ1) is 14.8. The summed E-state index contributed by atoms with van der Waals surface area (Å²) in [5.41, 5.74) is 2.19. The second kappa shape index (κ2) is 6.00. The first-order valence-electron chi connectivity index (χ1n) is 7.43. The van der Waals surface area contributed by atoms with E-state index in [9.17, 15) is 9.90 Å². The SMILES string of the molecule is O=C(Nc1[nH]nc2ncc(-c3ccccc3O)nc12)c1cccnc1. The highest BCUT2D eigenvalue weighted by Crippen LogP contribution is 2.28. The Hall–Kier alpha value is -3.81. The molecule has 0 aliphatic carbocycles. The molecule has 0 atom stereocenters. The number of carbonyl (C=O) groups excluding carboxylic acids is 1. The third-order valence-electron chi connectivity index (χ3n) is 3.61. The van der Waals surface area contributed by atoms with Crippen molar-refractivity contribution in [3.05, 3.63) is 60.6 Å². The molecule has 0 unspecified atom stereocenters. The third kappa shape index (κ3) is 2.76. The molecule has 0 saturated heterocycles. The average Bonchev–Trinajstić information content (AvgIpc) is 3.05. The summed E-state index contributed by atoms with van der Waals surface area (Å²) >= 11 is 0. The molecule has 3 aromatic heterocycles. The number of aromatic nitrogens is 5. The van der Waals surface area contributed by atoms with E-state index < -0.39 is 0 Å². The van der Waals surface area contributed by atoms with Crippen LogP contribution in [0.1, 0.15) is 10.4 Å². The lowest BCUT2D eigenvalue weighted by Gasteiger charge is -2.04. The largest absolute Gasteiger partial charge is 0.507 e. The predicted molar refractivity (Wildman–Crippen MR) is 91.0 cm³/mol. The van der Waals surface area contributed by atoms with Crippen molar-refractivity contribution in [3.63, 3.8) is 0 Å². The molecule has 1 aromatic carbocycles. The molecule has 0 spiro atoms. The van der Waals surface area contributed by atoms with E-state index in [2.05, 4.69) is 30.5 Å². The Bertz CT molecular complexity index is 1060. The van der Waals surface area contributed by atoms with E-state index in [1.165, 1.54) is 12.4 Å². The molecule has 3 heterocycles. The molecule has 4 aromatic rings. The van der Waals surface area contributed by atoms with Crippen LogP contribution in [0.2, 0.25) is 0 Å². The number of phenolic OH excluding ortho intramolecular Hbond substituents is 1. The summed E-state index contributed by atoms with van der Waals surface area (Å²) in [6.07, 6.45) is 4.57. The predicted octanol–water partition coefficient (Wildman–Crippen LogP) is 2.37. The topological polar surface area (TPSA) is 117 Å². The lowest BCUT2D eigenvalue weighted by atomic mass is 10.1. The minimum atomic E-state index is -0.339. The van der Waals surface area contributed by atoms with Crippen molar-refractivity contribution in [2.45, 2.75) is 0 Å². The monoisotopic (exact) mass is 332 g/mol. The zero-order chi connectivity index (χ0) is 17.2. The number of nitrogens with zero attached hydrogens (tertiary/aromatic N) is 4. The normalized spacial score (nSPS) is 10.7. The summed E-state index contributed by atoms with van der Waals surface area (Å²) < 4.78 is 0. The van der Waals surface area contributed by atoms with Crippen LogP contribution in [0, 0.1) is 0 Å². The highest BCUT2D eigenvalue weighted by Gasteiger charge is 2.15. The number of aromatic hydroxyl groups is 1. The Balaban J connectivity index is 1.72. The fourth-order valence-corrected chi connectivity index (χ4v) is 2.38.